The largest absolute Gasteiger partial charge is 0.224 e. The van der Waals surface area contributed by atoms with Crippen LogP contribution in [0.4, 0.5) is 0 Å². The summed E-state index contributed by atoms with van der Waals surface area (Å²) in [4.78, 5) is 2.33. The Morgan fingerprint density at radius 2 is 1.07 bits per heavy atom. The number of sulfone groups is 1. The van der Waals surface area contributed by atoms with Crippen LogP contribution in [0.2, 0.25) is 0 Å². The van der Waals surface area contributed by atoms with E-state index < -0.39 is 9.84 Å². The normalized spacial score (nSPS) is 11.9. The zero-order valence-corrected chi connectivity index (χ0v) is 25.2. The highest BCUT2D eigenvalue weighted by Crippen LogP contribution is 2.44. The molecule has 0 bridgehead atoms. The Hall–Kier alpha value is -2.95. The summed E-state index contributed by atoms with van der Waals surface area (Å²) in [5.41, 5.74) is 2.08. The average Bonchev–Trinajstić information content (AvgIpc) is 3.44. The number of hydrogen-bond acceptors (Lipinski definition) is 3. The number of unbranched alkanes of at least 4 members (excludes halogenated alkanes) is 9. The molecule has 4 heteroatoms. The number of fused-ring (bicyclic) bond motifs is 2. The molecule has 1 heterocycles. The Labute approximate surface area is 244 Å². The fourth-order valence-corrected chi connectivity index (χ4v) is 8.89. The Kier molecular flexibility index (Phi) is 9.72. The molecule has 0 fully saturated rings. The van der Waals surface area contributed by atoms with E-state index in [0.29, 0.717) is 11.3 Å². The van der Waals surface area contributed by atoms with Crippen molar-refractivity contribution in [2.75, 3.05) is 5.75 Å². The van der Waals surface area contributed by atoms with Crippen molar-refractivity contribution in [3.05, 3.63) is 91.0 Å². The van der Waals surface area contributed by atoms with Gasteiger partial charge in [-0.15, -0.1) is 11.3 Å². The number of benzene rings is 4. The standard InChI is InChI=1S/C36H40O2S2/c1-2-3-4-5-6-7-8-9-10-15-26-40(37,38)35-27-34(32-24-16-20-28-18-11-13-22-30(28)32)39-36(35)33-25-17-21-29-19-12-14-23-31(29)33/h11-14,16-25,27H,2-10,15,26H2,1H3. The average molecular weight is 569 g/mol. The lowest BCUT2D eigenvalue weighted by Crippen LogP contribution is -2.07. The Balaban J connectivity index is 1.41. The van der Waals surface area contributed by atoms with E-state index in [-0.39, 0.29) is 5.75 Å². The molecule has 0 saturated heterocycles. The molecule has 0 saturated carbocycles. The summed E-state index contributed by atoms with van der Waals surface area (Å²) in [6, 6.07) is 31.0. The van der Waals surface area contributed by atoms with Gasteiger partial charge >= 0.3 is 0 Å². The summed E-state index contributed by atoms with van der Waals surface area (Å²) >= 11 is 1.60. The predicted octanol–water partition coefficient (Wildman–Crippen LogP) is 11.1. The van der Waals surface area contributed by atoms with Gasteiger partial charge in [0.25, 0.3) is 0 Å². The zero-order chi connectivity index (χ0) is 27.8. The molecule has 5 rings (SSSR count). The summed E-state index contributed by atoms with van der Waals surface area (Å²) in [6.45, 7) is 2.25. The molecular weight excluding hydrogens is 529 g/mol. The second-order valence-electron chi connectivity index (χ2n) is 10.9. The quantitative estimate of drug-likeness (QED) is 0.125. The second kappa shape index (κ2) is 13.6. The molecular formula is C36H40O2S2. The minimum atomic E-state index is -3.45. The van der Waals surface area contributed by atoms with Gasteiger partial charge in [0.2, 0.25) is 0 Å². The van der Waals surface area contributed by atoms with Gasteiger partial charge in [0.1, 0.15) is 0 Å². The Bertz CT molecular complexity index is 1650. The van der Waals surface area contributed by atoms with Gasteiger partial charge in [-0.2, -0.15) is 0 Å². The number of hydrogen-bond donors (Lipinski definition) is 0. The van der Waals surface area contributed by atoms with E-state index in [2.05, 4.69) is 61.5 Å². The van der Waals surface area contributed by atoms with Gasteiger partial charge in [0.05, 0.1) is 15.5 Å². The summed E-state index contributed by atoms with van der Waals surface area (Å²) in [5.74, 6) is 0.201. The van der Waals surface area contributed by atoms with Gasteiger partial charge in [-0.3, -0.25) is 0 Å². The van der Waals surface area contributed by atoms with E-state index in [1.165, 1.54) is 44.9 Å². The molecule has 40 heavy (non-hydrogen) atoms. The van der Waals surface area contributed by atoms with Crippen molar-refractivity contribution >= 4 is 42.7 Å². The number of rotatable bonds is 14. The zero-order valence-electron chi connectivity index (χ0n) is 23.6. The highest BCUT2D eigenvalue weighted by molar-refractivity contribution is 7.91. The fraction of sp³-hybridized carbons (Fsp3) is 0.333. The van der Waals surface area contributed by atoms with E-state index >= 15 is 0 Å². The van der Waals surface area contributed by atoms with Gasteiger partial charge in [-0.05, 0) is 39.6 Å². The first-order valence-corrected chi connectivity index (χ1v) is 17.4. The minimum absolute atomic E-state index is 0.201. The van der Waals surface area contributed by atoms with Crippen molar-refractivity contribution in [3.8, 4) is 20.9 Å². The molecule has 0 aliphatic rings. The Morgan fingerprint density at radius 3 is 1.70 bits per heavy atom. The van der Waals surface area contributed by atoms with E-state index in [1.807, 2.05) is 36.4 Å². The van der Waals surface area contributed by atoms with Crippen LogP contribution in [-0.2, 0) is 9.84 Å². The van der Waals surface area contributed by atoms with Crippen LogP contribution in [0.3, 0.4) is 0 Å². The second-order valence-corrected chi connectivity index (χ2v) is 14.0. The van der Waals surface area contributed by atoms with Crippen molar-refractivity contribution in [2.45, 2.75) is 76.0 Å². The molecule has 0 N–H and O–H groups in total. The molecule has 5 aromatic rings. The van der Waals surface area contributed by atoms with Crippen LogP contribution in [0.15, 0.2) is 95.9 Å². The third-order valence-corrected chi connectivity index (χ3v) is 11.0. The van der Waals surface area contributed by atoms with Crippen LogP contribution < -0.4 is 0 Å². The first-order chi connectivity index (χ1) is 19.6. The maximum atomic E-state index is 13.9. The minimum Gasteiger partial charge on any atom is -0.224 e. The summed E-state index contributed by atoms with van der Waals surface area (Å²) in [6.07, 6.45) is 11.9. The van der Waals surface area contributed by atoms with Gasteiger partial charge < -0.3 is 0 Å². The third kappa shape index (κ3) is 6.67. The molecule has 0 amide bonds. The predicted molar refractivity (Wildman–Crippen MR) is 174 cm³/mol. The van der Waals surface area contributed by atoms with Crippen LogP contribution in [-0.4, -0.2) is 14.2 Å². The van der Waals surface area contributed by atoms with Crippen molar-refractivity contribution in [1.82, 2.24) is 0 Å². The molecule has 0 radical (unpaired) electrons. The van der Waals surface area contributed by atoms with E-state index in [1.54, 1.807) is 11.3 Å². The van der Waals surface area contributed by atoms with Crippen molar-refractivity contribution in [2.24, 2.45) is 0 Å². The lowest BCUT2D eigenvalue weighted by Gasteiger charge is -2.09. The topological polar surface area (TPSA) is 34.1 Å². The van der Waals surface area contributed by atoms with Gasteiger partial charge in [-0.25, -0.2) is 8.42 Å². The lowest BCUT2D eigenvalue weighted by atomic mass is 10.0. The molecule has 4 aromatic carbocycles. The first-order valence-electron chi connectivity index (χ1n) is 14.9. The summed E-state index contributed by atoms with van der Waals surface area (Å²) in [7, 11) is -3.45. The van der Waals surface area contributed by atoms with Crippen LogP contribution in [0.25, 0.3) is 42.4 Å². The lowest BCUT2D eigenvalue weighted by molar-refractivity contribution is 0.558. The molecule has 1 aromatic heterocycles. The van der Waals surface area contributed by atoms with E-state index in [9.17, 15) is 8.42 Å². The molecule has 0 spiro atoms. The van der Waals surface area contributed by atoms with Crippen LogP contribution in [0.1, 0.15) is 71.1 Å². The van der Waals surface area contributed by atoms with Gasteiger partial charge in [0, 0.05) is 10.4 Å². The molecule has 0 unspecified atom stereocenters. The number of thiophene rings is 1. The maximum absolute atomic E-state index is 13.9. The van der Waals surface area contributed by atoms with Crippen LogP contribution in [0, 0.1) is 0 Å². The summed E-state index contributed by atoms with van der Waals surface area (Å²) in [5, 5.41) is 4.52. The van der Waals surface area contributed by atoms with E-state index in [4.69, 9.17) is 0 Å². The molecule has 0 aliphatic carbocycles. The molecule has 208 valence electrons. The Morgan fingerprint density at radius 1 is 0.575 bits per heavy atom. The molecule has 2 nitrogen and oxygen atoms in total. The summed E-state index contributed by atoms with van der Waals surface area (Å²) < 4.78 is 27.8. The van der Waals surface area contributed by atoms with Crippen LogP contribution >= 0.6 is 11.3 Å². The van der Waals surface area contributed by atoms with Gasteiger partial charge in [-0.1, -0.05) is 150 Å². The van der Waals surface area contributed by atoms with Gasteiger partial charge in [0.15, 0.2) is 9.84 Å². The van der Waals surface area contributed by atoms with Crippen LogP contribution in [0.5, 0.6) is 0 Å². The molecule has 0 atom stereocenters. The van der Waals surface area contributed by atoms with Crippen molar-refractivity contribution in [3.63, 3.8) is 0 Å². The first kappa shape index (κ1) is 28.6. The maximum Gasteiger partial charge on any atom is 0.179 e. The molecule has 0 aliphatic heterocycles. The van der Waals surface area contributed by atoms with Crippen molar-refractivity contribution in [1.29, 1.82) is 0 Å². The SMILES string of the molecule is CCCCCCCCCCCCS(=O)(=O)c1cc(-c2cccc3ccccc23)sc1-c1cccc2ccccc12. The monoisotopic (exact) mass is 568 g/mol. The highest BCUT2D eigenvalue weighted by Gasteiger charge is 2.25. The highest BCUT2D eigenvalue weighted by atomic mass is 32.2. The third-order valence-electron chi connectivity index (χ3n) is 7.89. The van der Waals surface area contributed by atoms with Crippen molar-refractivity contribution < 1.29 is 8.42 Å². The fourth-order valence-electron chi connectivity index (χ4n) is 5.68. The smallest absolute Gasteiger partial charge is 0.179 e. The van der Waals surface area contributed by atoms with E-state index in [0.717, 1.165) is 55.3 Å².